The van der Waals surface area contributed by atoms with E-state index in [1.807, 2.05) is 60.7 Å². The molecule has 0 radical (unpaired) electrons. The number of ether oxygens (including phenoxy) is 1. The third-order valence-corrected chi connectivity index (χ3v) is 11.7. The van der Waals surface area contributed by atoms with Crippen LogP contribution in [0, 0.1) is 0 Å². The van der Waals surface area contributed by atoms with Crippen LogP contribution in [0.15, 0.2) is 133 Å². The Labute approximate surface area is 372 Å². The van der Waals surface area contributed by atoms with Gasteiger partial charge in [0.2, 0.25) is 5.91 Å². The maximum absolute atomic E-state index is 12.9. The Kier molecular flexibility index (Phi) is 12.5. The van der Waals surface area contributed by atoms with Gasteiger partial charge in [0, 0.05) is 25.9 Å². The molecule has 5 aliphatic heterocycles. The number of imide groups is 4. The summed E-state index contributed by atoms with van der Waals surface area (Å²) in [5, 5.41) is 0. The second-order valence-corrected chi connectivity index (χ2v) is 15.6. The van der Waals surface area contributed by atoms with E-state index in [1.165, 1.54) is 21.9 Å². The number of esters is 2. The van der Waals surface area contributed by atoms with E-state index in [-0.39, 0.29) is 61.1 Å². The van der Waals surface area contributed by atoms with Gasteiger partial charge in [-0.15, -0.1) is 0 Å². The van der Waals surface area contributed by atoms with Crippen molar-refractivity contribution >= 4 is 59.2 Å². The molecular formula is C50H40N4O11. The quantitative estimate of drug-likeness (QED) is 0.115. The lowest BCUT2D eigenvalue weighted by molar-refractivity contribution is -0.167. The number of amides is 8. The smallest absolute Gasteiger partial charge is 0.337 e. The van der Waals surface area contributed by atoms with Crippen LogP contribution in [-0.4, -0.2) is 104 Å². The second kappa shape index (κ2) is 18.6. The molecule has 0 spiro atoms. The normalized spacial score (nSPS) is 18.8. The molecule has 15 nitrogen and oxygen atoms in total. The van der Waals surface area contributed by atoms with Crippen LogP contribution >= 0.6 is 0 Å². The molecule has 10 rings (SSSR count). The highest BCUT2D eigenvalue weighted by Crippen LogP contribution is 2.30. The number of hydrogen-bond acceptors (Lipinski definition) is 11. The van der Waals surface area contributed by atoms with Gasteiger partial charge in [0.05, 0.1) is 33.4 Å². The first kappa shape index (κ1) is 43.4. The number of carbonyl (C=O) groups excluding carboxylic acids is 10. The lowest BCUT2D eigenvalue weighted by atomic mass is 10.0. The van der Waals surface area contributed by atoms with Gasteiger partial charge in [-0.2, -0.15) is 0 Å². The molecule has 5 aliphatic rings. The number of rotatable bonds is 8. The maximum atomic E-state index is 12.9. The summed E-state index contributed by atoms with van der Waals surface area (Å²) in [6, 6.07) is 37.4. The number of likely N-dealkylation sites (tertiary alicyclic amines) is 1. The zero-order chi connectivity index (χ0) is 45.8. The Morgan fingerprint density at radius 1 is 0.400 bits per heavy atom. The third kappa shape index (κ3) is 8.63. The highest BCUT2D eigenvalue weighted by Gasteiger charge is 2.47. The third-order valence-electron chi connectivity index (χ3n) is 11.7. The van der Waals surface area contributed by atoms with E-state index in [1.54, 1.807) is 60.7 Å². The molecule has 326 valence electrons. The fraction of sp³-hybridized carbons (Fsp3) is 0.200. The number of benzene rings is 5. The Morgan fingerprint density at radius 2 is 0.754 bits per heavy atom. The van der Waals surface area contributed by atoms with Gasteiger partial charge in [-0.25, -0.2) is 4.79 Å². The largest absolute Gasteiger partial charge is 0.392 e. The first-order valence-electron chi connectivity index (χ1n) is 21.0. The van der Waals surface area contributed by atoms with Crippen LogP contribution in [0.2, 0.25) is 0 Å². The van der Waals surface area contributed by atoms with Gasteiger partial charge in [-0.3, -0.25) is 62.8 Å². The van der Waals surface area contributed by atoms with Crippen LogP contribution in [0.5, 0.6) is 0 Å². The first-order valence-corrected chi connectivity index (χ1v) is 21.0. The number of carbonyl (C=O) groups is 10. The summed E-state index contributed by atoms with van der Waals surface area (Å²) in [5.41, 5.74) is 4.33. The van der Waals surface area contributed by atoms with E-state index in [4.69, 9.17) is 0 Å². The van der Waals surface area contributed by atoms with Gasteiger partial charge in [-0.1, -0.05) is 97.1 Å². The van der Waals surface area contributed by atoms with Gasteiger partial charge in [0.1, 0.15) is 12.1 Å². The molecule has 5 aromatic carbocycles. The molecule has 65 heavy (non-hydrogen) atoms. The molecule has 2 atom stereocenters. The van der Waals surface area contributed by atoms with Crippen LogP contribution in [-0.2, 0) is 36.8 Å². The zero-order valence-corrected chi connectivity index (χ0v) is 34.8. The number of nitrogens with zero attached hydrogens (tertiary/aromatic N) is 4. The maximum Gasteiger partial charge on any atom is 0.337 e. The molecule has 2 fully saturated rings. The van der Waals surface area contributed by atoms with Crippen LogP contribution in [0.3, 0.4) is 0 Å². The van der Waals surface area contributed by atoms with Crippen molar-refractivity contribution < 1.29 is 52.7 Å². The molecule has 0 aromatic heterocycles. The minimum atomic E-state index is -1.01. The predicted molar refractivity (Wildman–Crippen MR) is 230 cm³/mol. The fourth-order valence-electron chi connectivity index (χ4n) is 8.33. The molecule has 0 saturated carbocycles. The Balaban J connectivity index is 0.000000136. The van der Waals surface area contributed by atoms with Gasteiger partial charge >= 0.3 is 11.9 Å². The topological polar surface area (TPSA) is 193 Å². The molecule has 0 N–H and O–H groups in total. The van der Waals surface area contributed by atoms with E-state index in [2.05, 4.69) is 4.74 Å². The number of cyclic esters (lactones) is 2. The Morgan fingerprint density at radius 3 is 1.17 bits per heavy atom. The van der Waals surface area contributed by atoms with Crippen molar-refractivity contribution in [2.75, 3.05) is 13.1 Å². The van der Waals surface area contributed by atoms with E-state index in [9.17, 15) is 47.9 Å². The molecule has 8 amide bonds. The summed E-state index contributed by atoms with van der Waals surface area (Å²) in [6.45, 7) is 0.664. The van der Waals surface area contributed by atoms with E-state index < -0.39 is 53.6 Å². The summed E-state index contributed by atoms with van der Waals surface area (Å²) in [4.78, 5) is 126. The van der Waals surface area contributed by atoms with Crippen LogP contribution < -0.4 is 0 Å². The fourth-order valence-corrected chi connectivity index (χ4v) is 8.33. The van der Waals surface area contributed by atoms with Gasteiger partial charge in [0.15, 0.2) is 0 Å². The SMILES string of the molecule is O=C1CCC(N2C(=O)c3ccccc3C2=O)C(=O)N1CCc1ccccc1.O=C1CCC(N2C(=O)c3ccccc3C2=O)C(=O)O1.O=C1c2ccccc2C(=O)N1CCc1ccccc1. The Bertz CT molecular complexity index is 2680. The van der Waals surface area contributed by atoms with Crippen LogP contribution in [0.4, 0.5) is 0 Å². The minimum Gasteiger partial charge on any atom is -0.392 e. The lowest BCUT2D eigenvalue weighted by Crippen LogP contribution is -2.56. The molecule has 0 bridgehead atoms. The van der Waals surface area contributed by atoms with Crippen molar-refractivity contribution in [3.63, 3.8) is 0 Å². The van der Waals surface area contributed by atoms with Gasteiger partial charge in [-0.05, 0) is 73.2 Å². The molecule has 2 saturated heterocycles. The molecule has 2 unspecified atom stereocenters. The first-order chi connectivity index (χ1) is 31.4. The van der Waals surface area contributed by atoms with Crippen molar-refractivity contribution in [1.82, 2.24) is 19.6 Å². The highest BCUT2D eigenvalue weighted by atomic mass is 16.6. The monoisotopic (exact) mass is 872 g/mol. The predicted octanol–water partition coefficient (Wildman–Crippen LogP) is 5.08. The number of hydrogen-bond donors (Lipinski definition) is 0. The van der Waals surface area contributed by atoms with Crippen molar-refractivity contribution in [3.8, 4) is 0 Å². The van der Waals surface area contributed by atoms with Crippen molar-refractivity contribution in [1.29, 1.82) is 0 Å². The van der Waals surface area contributed by atoms with Gasteiger partial charge in [0.25, 0.3) is 41.4 Å². The molecule has 5 aromatic rings. The summed E-state index contributed by atoms with van der Waals surface area (Å²) in [6.07, 6.45) is 1.66. The molecular weight excluding hydrogens is 833 g/mol. The average Bonchev–Trinajstić information content (AvgIpc) is 3.84. The molecule has 5 heterocycles. The van der Waals surface area contributed by atoms with E-state index >= 15 is 0 Å². The zero-order valence-electron chi connectivity index (χ0n) is 34.8. The molecule has 0 aliphatic carbocycles. The standard InChI is InChI=1S/C21H18N2O4.C16H13NO2.C13H9NO5/c24-18-11-10-17(21(27)22(18)13-12-14-6-2-1-3-7-14)23-19(25)15-8-4-5-9-16(15)20(23)26;18-15-13-8-4-5-9-14(13)16(19)17(15)11-10-12-6-2-1-3-7-12;15-10-6-5-9(13(18)19-10)14-11(16)7-3-1-2-4-8(7)12(14)17/h1-9,17H,10-13H2;1-9H,10-11H2;1-4,9H,5-6H2. The highest BCUT2D eigenvalue weighted by molar-refractivity contribution is 6.24. The average molecular weight is 873 g/mol. The summed E-state index contributed by atoms with van der Waals surface area (Å²) in [7, 11) is 0. The van der Waals surface area contributed by atoms with Crippen molar-refractivity contribution in [2.24, 2.45) is 0 Å². The van der Waals surface area contributed by atoms with Crippen molar-refractivity contribution in [3.05, 3.63) is 178 Å². The molecule has 15 heteroatoms. The Hall–Kier alpha value is -8.20. The summed E-state index contributed by atoms with van der Waals surface area (Å²) >= 11 is 0. The number of piperidine rings is 1. The summed E-state index contributed by atoms with van der Waals surface area (Å²) < 4.78 is 4.48. The van der Waals surface area contributed by atoms with Crippen LogP contribution in [0.25, 0.3) is 0 Å². The van der Waals surface area contributed by atoms with Crippen molar-refractivity contribution in [2.45, 2.75) is 50.6 Å². The number of fused-ring (bicyclic) bond motifs is 3. The summed E-state index contributed by atoms with van der Waals surface area (Å²) in [5.74, 6) is -4.54. The van der Waals surface area contributed by atoms with Gasteiger partial charge < -0.3 is 4.74 Å². The van der Waals surface area contributed by atoms with E-state index in [0.717, 1.165) is 20.9 Å². The lowest BCUT2D eigenvalue weighted by Gasteiger charge is -2.34. The van der Waals surface area contributed by atoms with Crippen LogP contribution in [0.1, 0.15) is 99.0 Å². The second-order valence-electron chi connectivity index (χ2n) is 15.6. The minimum absolute atomic E-state index is 0.0177. The van der Waals surface area contributed by atoms with E-state index in [0.29, 0.717) is 41.6 Å².